The zero-order valence-corrected chi connectivity index (χ0v) is 14.8. The van der Waals surface area contributed by atoms with Crippen LogP contribution in [0.1, 0.15) is 37.9 Å². The van der Waals surface area contributed by atoms with Crippen molar-refractivity contribution < 1.29 is 0 Å². The van der Waals surface area contributed by atoms with Gasteiger partial charge in [-0.2, -0.15) is 10.2 Å². The molecular weight excluding hydrogens is 330 g/mol. The van der Waals surface area contributed by atoms with Crippen LogP contribution in [0, 0.1) is 5.92 Å². The summed E-state index contributed by atoms with van der Waals surface area (Å²) in [6.07, 6.45) is 2.79. The van der Waals surface area contributed by atoms with Gasteiger partial charge in [-0.25, -0.2) is 0 Å². The minimum atomic E-state index is 0.653. The smallest absolute Gasteiger partial charge is 0.0843 e. The highest BCUT2D eigenvalue weighted by molar-refractivity contribution is 9.10. The Morgan fingerprint density at radius 3 is 2.76 bits per heavy atom. The summed E-state index contributed by atoms with van der Waals surface area (Å²) >= 11 is 3.66. The number of nitrogens with one attached hydrogen (secondary N) is 1. The molecule has 6 heteroatoms. The van der Waals surface area contributed by atoms with Crippen molar-refractivity contribution in [2.45, 2.75) is 40.3 Å². The molecule has 0 aliphatic carbocycles. The average molecular weight is 354 g/mol. The Bertz CT molecular complexity index is 585. The second-order valence-corrected chi connectivity index (χ2v) is 6.48. The van der Waals surface area contributed by atoms with Crippen molar-refractivity contribution in [1.82, 2.24) is 24.9 Å². The van der Waals surface area contributed by atoms with E-state index < -0.39 is 0 Å². The van der Waals surface area contributed by atoms with Crippen LogP contribution in [0.2, 0.25) is 0 Å². The Balaban J connectivity index is 2.10. The third-order valence-electron chi connectivity index (χ3n) is 3.47. The van der Waals surface area contributed by atoms with Gasteiger partial charge in [0.25, 0.3) is 0 Å². The van der Waals surface area contributed by atoms with Gasteiger partial charge in [0.1, 0.15) is 0 Å². The van der Waals surface area contributed by atoms with Crippen LogP contribution < -0.4 is 5.32 Å². The van der Waals surface area contributed by atoms with E-state index in [0.717, 1.165) is 41.9 Å². The van der Waals surface area contributed by atoms with E-state index in [2.05, 4.69) is 58.3 Å². The molecule has 0 amide bonds. The third-order valence-corrected chi connectivity index (χ3v) is 4.38. The highest BCUT2D eigenvalue weighted by Gasteiger charge is 2.14. The monoisotopic (exact) mass is 353 g/mol. The number of aryl methyl sites for hydroxylation is 2. The molecule has 0 saturated carbocycles. The summed E-state index contributed by atoms with van der Waals surface area (Å²) in [5, 5.41) is 12.4. The van der Waals surface area contributed by atoms with Crippen LogP contribution in [-0.4, -0.2) is 26.1 Å². The summed E-state index contributed by atoms with van der Waals surface area (Å²) in [5.74, 6) is 0.653. The maximum absolute atomic E-state index is 4.54. The molecule has 2 aromatic heterocycles. The largest absolute Gasteiger partial charge is 0.311 e. The van der Waals surface area contributed by atoms with Gasteiger partial charge >= 0.3 is 0 Å². The van der Waals surface area contributed by atoms with Crippen LogP contribution in [-0.2, 0) is 26.6 Å². The molecule has 0 radical (unpaired) electrons. The molecule has 0 bridgehead atoms. The number of halogens is 1. The van der Waals surface area contributed by atoms with E-state index in [9.17, 15) is 0 Å². The molecule has 0 saturated heterocycles. The highest BCUT2D eigenvalue weighted by Crippen LogP contribution is 2.22. The molecule has 0 unspecified atom stereocenters. The first-order chi connectivity index (χ1) is 10.0. The maximum atomic E-state index is 4.54. The fourth-order valence-corrected chi connectivity index (χ4v) is 3.02. The van der Waals surface area contributed by atoms with E-state index in [0.29, 0.717) is 5.92 Å². The lowest BCUT2D eigenvalue weighted by Gasteiger charge is -2.10. The van der Waals surface area contributed by atoms with E-state index in [1.165, 1.54) is 5.69 Å². The first kappa shape index (κ1) is 16.2. The summed E-state index contributed by atoms with van der Waals surface area (Å²) in [7, 11) is 1.99. The average Bonchev–Trinajstić information content (AvgIpc) is 2.98. The Hall–Kier alpha value is -1.14. The fourth-order valence-electron chi connectivity index (χ4n) is 2.27. The van der Waals surface area contributed by atoms with Gasteiger partial charge in [0.2, 0.25) is 0 Å². The summed E-state index contributed by atoms with van der Waals surface area (Å²) in [6, 6.07) is 2.07. The molecule has 0 atom stereocenters. The van der Waals surface area contributed by atoms with Gasteiger partial charge in [0, 0.05) is 19.8 Å². The minimum absolute atomic E-state index is 0.653. The maximum Gasteiger partial charge on any atom is 0.0843 e. The van der Waals surface area contributed by atoms with E-state index >= 15 is 0 Å². The van der Waals surface area contributed by atoms with Crippen LogP contribution in [0.3, 0.4) is 0 Å². The third kappa shape index (κ3) is 3.95. The molecule has 0 fully saturated rings. The van der Waals surface area contributed by atoms with Crippen LogP contribution in [0.25, 0.3) is 0 Å². The van der Waals surface area contributed by atoms with Crippen molar-refractivity contribution in [2.75, 3.05) is 6.54 Å². The van der Waals surface area contributed by atoms with Crippen molar-refractivity contribution in [1.29, 1.82) is 0 Å². The van der Waals surface area contributed by atoms with Gasteiger partial charge in [0.15, 0.2) is 0 Å². The fraction of sp³-hybridized carbons (Fsp3) is 0.600. The minimum Gasteiger partial charge on any atom is -0.311 e. The van der Waals surface area contributed by atoms with Crippen LogP contribution in [0.5, 0.6) is 0 Å². The Morgan fingerprint density at radius 1 is 1.38 bits per heavy atom. The molecule has 21 heavy (non-hydrogen) atoms. The number of hydrogen-bond acceptors (Lipinski definition) is 3. The number of hydrogen-bond donors (Lipinski definition) is 1. The molecule has 0 aliphatic heterocycles. The lowest BCUT2D eigenvalue weighted by Crippen LogP contribution is -2.21. The zero-order valence-electron chi connectivity index (χ0n) is 13.2. The van der Waals surface area contributed by atoms with E-state index in [4.69, 9.17) is 0 Å². The number of nitrogens with zero attached hydrogens (tertiary/aromatic N) is 4. The first-order valence-electron chi connectivity index (χ1n) is 7.44. The summed E-state index contributed by atoms with van der Waals surface area (Å²) in [5.41, 5.74) is 3.45. The van der Waals surface area contributed by atoms with Gasteiger partial charge in [-0.15, -0.1) is 0 Å². The Morgan fingerprint density at radius 2 is 2.14 bits per heavy atom. The molecule has 0 aromatic carbocycles. The molecule has 116 valence electrons. The van der Waals surface area contributed by atoms with Crippen molar-refractivity contribution in [2.24, 2.45) is 13.0 Å². The lowest BCUT2D eigenvalue weighted by molar-refractivity contribution is 0.523. The van der Waals surface area contributed by atoms with Gasteiger partial charge in [-0.3, -0.25) is 9.36 Å². The summed E-state index contributed by atoms with van der Waals surface area (Å²) in [6.45, 7) is 9.13. The zero-order chi connectivity index (χ0) is 15.4. The van der Waals surface area contributed by atoms with Gasteiger partial charge in [-0.1, -0.05) is 20.8 Å². The molecule has 0 aliphatic rings. The molecule has 1 N–H and O–H groups in total. The standard InChI is InChI=1S/C15H24BrN5/c1-5-13-15(16)14(20(4)19-13)10-21-12(6-7-18-21)9-17-8-11(2)3/h6-7,11,17H,5,8-10H2,1-4H3. The number of rotatable bonds is 7. The van der Waals surface area contributed by atoms with Crippen LogP contribution >= 0.6 is 15.9 Å². The Labute approximate surface area is 134 Å². The Kier molecular flexibility index (Phi) is 5.58. The molecule has 2 rings (SSSR count). The van der Waals surface area contributed by atoms with Gasteiger partial charge in [-0.05, 0) is 40.9 Å². The van der Waals surface area contributed by atoms with Crippen molar-refractivity contribution in [3.8, 4) is 0 Å². The van der Waals surface area contributed by atoms with E-state index in [1.54, 1.807) is 0 Å². The second kappa shape index (κ2) is 7.22. The van der Waals surface area contributed by atoms with E-state index in [-0.39, 0.29) is 0 Å². The molecule has 0 spiro atoms. The van der Waals surface area contributed by atoms with Crippen LogP contribution in [0.4, 0.5) is 0 Å². The molecule has 2 heterocycles. The molecular formula is C15H24BrN5. The van der Waals surface area contributed by atoms with E-state index in [1.807, 2.05) is 22.6 Å². The topological polar surface area (TPSA) is 47.7 Å². The second-order valence-electron chi connectivity index (χ2n) is 5.69. The number of aromatic nitrogens is 4. The highest BCUT2D eigenvalue weighted by atomic mass is 79.9. The summed E-state index contributed by atoms with van der Waals surface area (Å²) < 4.78 is 5.08. The quantitative estimate of drug-likeness (QED) is 0.832. The molecule has 5 nitrogen and oxygen atoms in total. The lowest BCUT2D eigenvalue weighted by atomic mass is 10.2. The van der Waals surface area contributed by atoms with Gasteiger partial charge < -0.3 is 5.32 Å². The normalized spacial score (nSPS) is 11.5. The first-order valence-corrected chi connectivity index (χ1v) is 8.23. The predicted octanol–water partition coefficient (Wildman–Crippen LogP) is 2.74. The van der Waals surface area contributed by atoms with Crippen molar-refractivity contribution in [3.63, 3.8) is 0 Å². The summed E-state index contributed by atoms with van der Waals surface area (Å²) in [4.78, 5) is 0. The molecule has 2 aromatic rings. The van der Waals surface area contributed by atoms with Crippen LogP contribution in [0.15, 0.2) is 16.7 Å². The van der Waals surface area contributed by atoms with Gasteiger partial charge in [0.05, 0.1) is 28.1 Å². The van der Waals surface area contributed by atoms with Crippen molar-refractivity contribution >= 4 is 15.9 Å². The predicted molar refractivity (Wildman–Crippen MR) is 88.2 cm³/mol. The SMILES string of the molecule is CCc1nn(C)c(Cn2nccc2CNCC(C)C)c1Br. The van der Waals surface area contributed by atoms with Crippen molar-refractivity contribution in [3.05, 3.63) is 33.8 Å².